The molecule has 0 spiro atoms. The Bertz CT molecular complexity index is 633. The van der Waals surface area contributed by atoms with Gasteiger partial charge in [0.2, 0.25) is 0 Å². The number of hydrogen-bond acceptors (Lipinski definition) is 2. The van der Waals surface area contributed by atoms with Gasteiger partial charge in [0.25, 0.3) is 5.56 Å². The van der Waals surface area contributed by atoms with Crippen LogP contribution in [0.4, 0.5) is 5.69 Å². The average Bonchev–Trinajstić information content (AvgIpc) is 2.62. The smallest absolute Gasteiger partial charge is 0.294 e. The van der Waals surface area contributed by atoms with Gasteiger partial charge in [-0.15, -0.1) is 0 Å². The fraction of sp³-hybridized carbons (Fsp3) is 0.400. The molecule has 0 aliphatic carbocycles. The zero-order valence-corrected chi connectivity index (χ0v) is 12.0. The Morgan fingerprint density at radius 2 is 1.79 bits per heavy atom. The predicted molar refractivity (Wildman–Crippen MR) is 78.9 cm³/mol. The molecular formula is C15H21N3O. The molecule has 0 saturated carbocycles. The summed E-state index contributed by atoms with van der Waals surface area (Å²) in [4.78, 5) is 12.2. The summed E-state index contributed by atoms with van der Waals surface area (Å²) in [5, 5.41) is 0. The predicted octanol–water partition coefficient (Wildman–Crippen LogP) is 2.67. The van der Waals surface area contributed by atoms with Crippen molar-refractivity contribution >= 4 is 5.69 Å². The highest BCUT2D eigenvalue weighted by atomic mass is 16.1. The third-order valence-electron chi connectivity index (χ3n) is 3.55. The molecule has 1 heterocycles. The van der Waals surface area contributed by atoms with Crippen molar-refractivity contribution in [3.63, 3.8) is 0 Å². The van der Waals surface area contributed by atoms with Crippen molar-refractivity contribution in [1.29, 1.82) is 0 Å². The standard InChI is InChI=1S/C15H21N3O/c1-5-17-11(4)14(16)15(19)18(17)13-8-6-12(7-9-13)10(2)3/h6-10H,5,16H2,1-4H3. The van der Waals surface area contributed by atoms with Gasteiger partial charge in [-0.25, -0.2) is 4.68 Å². The average molecular weight is 259 g/mol. The first-order valence-corrected chi connectivity index (χ1v) is 6.65. The molecule has 0 bridgehead atoms. The van der Waals surface area contributed by atoms with E-state index in [4.69, 9.17) is 5.73 Å². The molecule has 2 rings (SSSR count). The van der Waals surface area contributed by atoms with Gasteiger partial charge in [0.05, 0.1) is 11.4 Å². The van der Waals surface area contributed by atoms with Gasteiger partial charge >= 0.3 is 0 Å². The first-order valence-electron chi connectivity index (χ1n) is 6.65. The van der Waals surface area contributed by atoms with Crippen molar-refractivity contribution in [3.05, 3.63) is 45.9 Å². The van der Waals surface area contributed by atoms with Crippen molar-refractivity contribution in [2.24, 2.45) is 0 Å². The van der Waals surface area contributed by atoms with Crippen LogP contribution >= 0.6 is 0 Å². The number of rotatable bonds is 3. The molecule has 4 nitrogen and oxygen atoms in total. The SMILES string of the molecule is CCn1c(C)c(N)c(=O)n1-c1ccc(C(C)C)cc1. The second-order valence-electron chi connectivity index (χ2n) is 5.08. The van der Waals surface area contributed by atoms with Crippen LogP contribution in [0.25, 0.3) is 5.69 Å². The molecule has 0 unspecified atom stereocenters. The minimum Gasteiger partial charge on any atom is -0.393 e. The fourth-order valence-electron chi connectivity index (χ4n) is 2.30. The molecule has 19 heavy (non-hydrogen) atoms. The van der Waals surface area contributed by atoms with Crippen LogP contribution in [-0.2, 0) is 6.54 Å². The lowest BCUT2D eigenvalue weighted by molar-refractivity contribution is 0.559. The molecule has 4 heteroatoms. The van der Waals surface area contributed by atoms with Crippen molar-refractivity contribution in [2.45, 2.75) is 40.2 Å². The Balaban J connectivity index is 2.59. The highest BCUT2D eigenvalue weighted by Crippen LogP contribution is 2.18. The highest BCUT2D eigenvalue weighted by molar-refractivity contribution is 5.45. The first kappa shape index (κ1) is 13.5. The van der Waals surface area contributed by atoms with Gasteiger partial charge in [0, 0.05) is 6.54 Å². The summed E-state index contributed by atoms with van der Waals surface area (Å²) >= 11 is 0. The summed E-state index contributed by atoms with van der Waals surface area (Å²) in [7, 11) is 0. The number of nitrogens with zero attached hydrogens (tertiary/aromatic N) is 2. The number of aromatic nitrogens is 2. The van der Waals surface area contributed by atoms with Gasteiger partial charge in [-0.1, -0.05) is 26.0 Å². The normalized spacial score (nSPS) is 11.2. The van der Waals surface area contributed by atoms with Crippen LogP contribution < -0.4 is 11.3 Å². The van der Waals surface area contributed by atoms with E-state index in [0.29, 0.717) is 18.2 Å². The Morgan fingerprint density at radius 3 is 2.26 bits per heavy atom. The third kappa shape index (κ3) is 2.18. The van der Waals surface area contributed by atoms with Crippen LogP contribution in [0.15, 0.2) is 29.1 Å². The van der Waals surface area contributed by atoms with Gasteiger partial charge in [-0.2, -0.15) is 0 Å². The van der Waals surface area contributed by atoms with E-state index in [1.807, 2.05) is 30.7 Å². The molecule has 2 N–H and O–H groups in total. The summed E-state index contributed by atoms with van der Waals surface area (Å²) in [5.41, 5.74) is 8.96. The number of nitrogen functional groups attached to an aromatic ring is 1. The topological polar surface area (TPSA) is 52.9 Å². The number of anilines is 1. The lowest BCUT2D eigenvalue weighted by Crippen LogP contribution is -2.21. The van der Waals surface area contributed by atoms with E-state index >= 15 is 0 Å². The van der Waals surface area contributed by atoms with Crippen LogP contribution in [0.1, 0.15) is 37.9 Å². The molecule has 0 amide bonds. The summed E-state index contributed by atoms with van der Waals surface area (Å²) in [5.74, 6) is 0.482. The van der Waals surface area contributed by atoms with E-state index in [2.05, 4.69) is 26.0 Å². The number of hydrogen-bond donors (Lipinski definition) is 1. The second-order valence-corrected chi connectivity index (χ2v) is 5.08. The van der Waals surface area contributed by atoms with Gasteiger partial charge in [0.15, 0.2) is 0 Å². The second kappa shape index (κ2) is 4.96. The number of nitrogens with two attached hydrogens (primary N) is 1. The van der Waals surface area contributed by atoms with Crippen molar-refractivity contribution in [1.82, 2.24) is 9.36 Å². The maximum absolute atomic E-state index is 12.2. The van der Waals surface area contributed by atoms with Crippen LogP contribution in [0.3, 0.4) is 0 Å². The van der Waals surface area contributed by atoms with E-state index in [1.165, 1.54) is 5.56 Å². The Labute approximate surface area is 113 Å². The first-order chi connectivity index (χ1) is 8.97. The number of benzene rings is 1. The molecule has 0 atom stereocenters. The summed E-state index contributed by atoms with van der Waals surface area (Å²) in [6, 6.07) is 8.07. The zero-order valence-electron chi connectivity index (χ0n) is 12.0. The van der Waals surface area contributed by atoms with Crippen molar-refractivity contribution in [3.8, 4) is 5.69 Å². The molecule has 2 aromatic rings. The maximum atomic E-state index is 12.2. The van der Waals surface area contributed by atoms with E-state index in [1.54, 1.807) is 4.68 Å². The highest BCUT2D eigenvalue weighted by Gasteiger charge is 2.14. The van der Waals surface area contributed by atoms with Gasteiger partial charge < -0.3 is 5.73 Å². The summed E-state index contributed by atoms with van der Waals surface area (Å²) in [6.45, 7) is 8.89. The zero-order chi connectivity index (χ0) is 14.2. The van der Waals surface area contributed by atoms with Crippen LogP contribution in [0, 0.1) is 6.92 Å². The minimum absolute atomic E-state index is 0.142. The molecule has 0 fully saturated rings. The van der Waals surface area contributed by atoms with Crippen LogP contribution in [-0.4, -0.2) is 9.36 Å². The fourth-order valence-corrected chi connectivity index (χ4v) is 2.30. The maximum Gasteiger partial charge on any atom is 0.294 e. The van der Waals surface area contributed by atoms with Crippen molar-refractivity contribution < 1.29 is 0 Å². The molecule has 0 saturated heterocycles. The lowest BCUT2D eigenvalue weighted by atomic mass is 10.0. The Morgan fingerprint density at radius 1 is 1.21 bits per heavy atom. The van der Waals surface area contributed by atoms with E-state index in [9.17, 15) is 4.79 Å². The molecule has 0 radical (unpaired) electrons. The van der Waals surface area contributed by atoms with E-state index in [-0.39, 0.29) is 5.56 Å². The minimum atomic E-state index is -0.142. The van der Waals surface area contributed by atoms with E-state index in [0.717, 1.165) is 11.4 Å². The largest absolute Gasteiger partial charge is 0.393 e. The van der Waals surface area contributed by atoms with Crippen molar-refractivity contribution in [2.75, 3.05) is 5.73 Å². The van der Waals surface area contributed by atoms with Gasteiger partial charge in [-0.05, 0) is 37.5 Å². The van der Waals surface area contributed by atoms with E-state index < -0.39 is 0 Å². The van der Waals surface area contributed by atoms with Gasteiger partial charge in [-0.3, -0.25) is 9.48 Å². The molecule has 0 aliphatic rings. The summed E-state index contributed by atoms with van der Waals surface area (Å²) in [6.07, 6.45) is 0. The quantitative estimate of drug-likeness (QED) is 0.921. The molecule has 1 aromatic carbocycles. The molecule has 102 valence electrons. The Kier molecular flexibility index (Phi) is 3.51. The van der Waals surface area contributed by atoms with Crippen LogP contribution in [0.5, 0.6) is 0 Å². The Hall–Kier alpha value is -1.97. The molecule has 1 aromatic heterocycles. The van der Waals surface area contributed by atoms with Crippen LogP contribution in [0.2, 0.25) is 0 Å². The lowest BCUT2D eigenvalue weighted by Gasteiger charge is -2.12. The summed E-state index contributed by atoms with van der Waals surface area (Å²) < 4.78 is 3.55. The third-order valence-corrected chi connectivity index (χ3v) is 3.55. The molecular weight excluding hydrogens is 238 g/mol. The van der Waals surface area contributed by atoms with Gasteiger partial charge in [0.1, 0.15) is 5.69 Å². The molecule has 0 aliphatic heterocycles. The monoisotopic (exact) mass is 259 g/mol.